The first-order valence-electron chi connectivity index (χ1n) is 10.6. The number of imidazole rings is 2. The molecule has 0 bridgehead atoms. The number of hydrogen-bond donors (Lipinski definition) is 2. The molecule has 1 aromatic carbocycles. The summed E-state index contributed by atoms with van der Waals surface area (Å²) in [6.45, 7) is 6.44. The Kier molecular flexibility index (Phi) is 4.79. The number of benzene rings is 1. The van der Waals surface area contributed by atoms with Crippen LogP contribution in [-0.2, 0) is 19.5 Å². The number of anilines is 1. The molecule has 4 heterocycles. The summed E-state index contributed by atoms with van der Waals surface area (Å²) < 4.78 is 3.28. The van der Waals surface area contributed by atoms with Gasteiger partial charge in [0.15, 0.2) is 0 Å². The van der Waals surface area contributed by atoms with Gasteiger partial charge in [0.2, 0.25) is 5.88 Å². The Balaban J connectivity index is 1.11. The van der Waals surface area contributed by atoms with Crippen LogP contribution in [0.25, 0.3) is 11.0 Å². The molecule has 29 heavy (non-hydrogen) atoms. The number of aromatic hydroxyl groups is 1. The molecule has 2 aromatic heterocycles. The van der Waals surface area contributed by atoms with Crippen LogP contribution >= 0.6 is 0 Å². The maximum absolute atomic E-state index is 12.4. The third kappa shape index (κ3) is 3.31. The fourth-order valence-corrected chi connectivity index (χ4v) is 4.73. The van der Waals surface area contributed by atoms with Crippen LogP contribution in [0.2, 0.25) is 0 Å². The lowest BCUT2D eigenvalue weighted by molar-refractivity contribution is 0.250. The summed E-state index contributed by atoms with van der Waals surface area (Å²) in [5, 5.41) is 10.3. The third-order valence-electron chi connectivity index (χ3n) is 6.34. The van der Waals surface area contributed by atoms with Gasteiger partial charge in [-0.2, -0.15) is 0 Å². The summed E-state index contributed by atoms with van der Waals surface area (Å²) >= 11 is 0. The van der Waals surface area contributed by atoms with E-state index in [1.54, 1.807) is 15.5 Å². The average molecular weight is 396 g/mol. The first-order valence-corrected chi connectivity index (χ1v) is 10.6. The van der Waals surface area contributed by atoms with E-state index >= 15 is 0 Å². The van der Waals surface area contributed by atoms with E-state index in [4.69, 9.17) is 0 Å². The van der Waals surface area contributed by atoms with E-state index in [9.17, 15) is 9.90 Å². The van der Waals surface area contributed by atoms with Crippen LogP contribution in [0.15, 0.2) is 29.3 Å². The fraction of sp³-hybridized carbons (Fsp3) is 0.524. The first-order chi connectivity index (χ1) is 14.2. The molecular weight excluding hydrogens is 368 g/mol. The second-order valence-electron chi connectivity index (χ2n) is 8.07. The van der Waals surface area contributed by atoms with E-state index in [1.165, 1.54) is 5.69 Å². The number of fused-ring (bicyclic) bond motifs is 2. The number of nitrogens with one attached hydrogen (secondary N) is 1. The molecule has 2 aliphatic heterocycles. The van der Waals surface area contributed by atoms with Gasteiger partial charge in [-0.1, -0.05) is 6.07 Å². The van der Waals surface area contributed by atoms with E-state index < -0.39 is 0 Å². The van der Waals surface area contributed by atoms with Crippen molar-refractivity contribution in [3.05, 3.63) is 40.7 Å². The normalized spacial score (nSPS) is 17.3. The molecule has 2 N–H and O–H groups in total. The van der Waals surface area contributed by atoms with Gasteiger partial charge in [0.05, 0.1) is 23.2 Å². The second kappa shape index (κ2) is 7.59. The lowest BCUT2D eigenvalue weighted by Gasteiger charge is -2.36. The van der Waals surface area contributed by atoms with Gasteiger partial charge in [0, 0.05) is 39.3 Å². The number of H-pyrrole nitrogens is 1. The van der Waals surface area contributed by atoms with Crippen molar-refractivity contribution in [1.82, 2.24) is 24.0 Å². The standard InChI is InChI=1S/C21H28N6O2/c28-20-18-7-4-10-26(18)21(29)27(20)9-2-1-8-24-11-13-25(14-12-24)17-6-3-5-16-19(17)23-15-22-16/h3,5-6,15,28H,1-2,4,7-14H2,(H,22,23). The van der Waals surface area contributed by atoms with Crippen LogP contribution in [0.1, 0.15) is 25.0 Å². The van der Waals surface area contributed by atoms with Gasteiger partial charge >= 0.3 is 5.69 Å². The molecule has 5 rings (SSSR count). The van der Waals surface area contributed by atoms with Crippen molar-refractivity contribution < 1.29 is 5.11 Å². The minimum absolute atomic E-state index is 0.0452. The molecule has 1 saturated heterocycles. The SMILES string of the molecule is O=c1n(CCCCN2CCN(c3cccc4[nH]cnc34)CC2)c(O)c2n1CCC2. The molecule has 0 unspecified atom stereocenters. The van der Waals surface area contributed by atoms with Gasteiger partial charge < -0.3 is 15.0 Å². The van der Waals surface area contributed by atoms with E-state index in [0.29, 0.717) is 6.54 Å². The van der Waals surface area contributed by atoms with Crippen LogP contribution in [0, 0.1) is 0 Å². The molecule has 0 amide bonds. The zero-order valence-corrected chi connectivity index (χ0v) is 16.7. The van der Waals surface area contributed by atoms with Crippen molar-refractivity contribution in [1.29, 1.82) is 0 Å². The van der Waals surface area contributed by atoms with Crippen molar-refractivity contribution in [2.24, 2.45) is 0 Å². The Bertz CT molecular complexity index is 1060. The fourth-order valence-electron chi connectivity index (χ4n) is 4.73. The molecule has 8 nitrogen and oxygen atoms in total. The highest BCUT2D eigenvalue weighted by molar-refractivity contribution is 5.88. The van der Waals surface area contributed by atoms with Crippen LogP contribution in [0.4, 0.5) is 5.69 Å². The van der Waals surface area contributed by atoms with Crippen LogP contribution in [0.3, 0.4) is 0 Å². The number of hydrogen-bond acceptors (Lipinski definition) is 5. The lowest BCUT2D eigenvalue weighted by Crippen LogP contribution is -2.46. The average Bonchev–Trinajstić information content (AvgIpc) is 3.46. The van der Waals surface area contributed by atoms with Crippen molar-refractivity contribution in [2.45, 2.75) is 38.8 Å². The summed E-state index contributed by atoms with van der Waals surface area (Å²) in [7, 11) is 0. The Morgan fingerprint density at radius 2 is 1.90 bits per heavy atom. The highest BCUT2D eigenvalue weighted by Gasteiger charge is 2.23. The van der Waals surface area contributed by atoms with Crippen molar-refractivity contribution >= 4 is 16.7 Å². The minimum atomic E-state index is -0.0452. The topological polar surface area (TPSA) is 82.3 Å². The van der Waals surface area contributed by atoms with Crippen LogP contribution in [0.5, 0.6) is 5.88 Å². The molecule has 8 heteroatoms. The Hall–Kier alpha value is -2.74. The van der Waals surface area contributed by atoms with E-state index in [0.717, 1.165) is 81.7 Å². The number of para-hydroxylation sites is 1. The van der Waals surface area contributed by atoms with Crippen LogP contribution < -0.4 is 10.6 Å². The number of aromatic nitrogens is 4. The highest BCUT2D eigenvalue weighted by atomic mass is 16.3. The van der Waals surface area contributed by atoms with Crippen molar-refractivity contribution in [3.63, 3.8) is 0 Å². The summed E-state index contributed by atoms with van der Waals surface area (Å²) in [6, 6.07) is 6.29. The Morgan fingerprint density at radius 1 is 1.07 bits per heavy atom. The summed E-state index contributed by atoms with van der Waals surface area (Å²) in [5.41, 5.74) is 4.11. The van der Waals surface area contributed by atoms with Crippen molar-refractivity contribution in [2.75, 3.05) is 37.6 Å². The minimum Gasteiger partial charge on any atom is -0.493 e. The molecular formula is C21H28N6O2. The summed E-state index contributed by atoms with van der Waals surface area (Å²) in [5.74, 6) is 0.189. The second-order valence-corrected chi connectivity index (χ2v) is 8.07. The van der Waals surface area contributed by atoms with Gasteiger partial charge in [0.25, 0.3) is 0 Å². The Labute approximate surface area is 169 Å². The highest BCUT2D eigenvalue weighted by Crippen LogP contribution is 2.25. The lowest BCUT2D eigenvalue weighted by atomic mass is 10.2. The molecule has 1 fully saturated rings. The van der Waals surface area contributed by atoms with Crippen LogP contribution in [-0.4, -0.2) is 61.8 Å². The molecule has 2 aliphatic rings. The number of aromatic amines is 1. The molecule has 0 spiro atoms. The molecule has 154 valence electrons. The zero-order chi connectivity index (χ0) is 19.8. The number of nitrogens with zero attached hydrogens (tertiary/aromatic N) is 5. The maximum Gasteiger partial charge on any atom is 0.331 e. The zero-order valence-electron chi connectivity index (χ0n) is 16.7. The maximum atomic E-state index is 12.4. The third-order valence-corrected chi connectivity index (χ3v) is 6.34. The molecule has 0 saturated carbocycles. The molecule has 0 aliphatic carbocycles. The predicted molar refractivity (Wildman–Crippen MR) is 113 cm³/mol. The van der Waals surface area contributed by atoms with Gasteiger partial charge in [-0.15, -0.1) is 0 Å². The molecule has 0 atom stereocenters. The van der Waals surface area contributed by atoms with Gasteiger partial charge in [-0.05, 0) is 44.4 Å². The van der Waals surface area contributed by atoms with E-state index in [-0.39, 0.29) is 11.6 Å². The molecule has 0 radical (unpaired) electrons. The largest absolute Gasteiger partial charge is 0.493 e. The first kappa shape index (κ1) is 18.3. The van der Waals surface area contributed by atoms with E-state index in [2.05, 4.69) is 38.0 Å². The molecule has 3 aromatic rings. The Morgan fingerprint density at radius 3 is 2.72 bits per heavy atom. The van der Waals surface area contributed by atoms with Gasteiger partial charge in [0.1, 0.15) is 5.52 Å². The monoisotopic (exact) mass is 396 g/mol. The summed E-state index contributed by atoms with van der Waals surface area (Å²) in [6.07, 6.45) is 5.46. The number of unbranched alkanes of at least 4 members (excludes halogenated alkanes) is 1. The number of piperazine rings is 1. The van der Waals surface area contributed by atoms with Gasteiger partial charge in [-0.3, -0.25) is 14.0 Å². The summed E-state index contributed by atoms with van der Waals surface area (Å²) in [4.78, 5) is 24.9. The quantitative estimate of drug-likeness (QED) is 0.621. The van der Waals surface area contributed by atoms with Crippen molar-refractivity contribution in [3.8, 4) is 5.88 Å². The van der Waals surface area contributed by atoms with E-state index in [1.807, 2.05) is 0 Å². The predicted octanol–water partition coefficient (Wildman–Crippen LogP) is 1.78. The van der Waals surface area contributed by atoms with Gasteiger partial charge in [-0.25, -0.2) is 9.78 Å². The number of rotatable bonds is 6. The smallest absolute Gasteiger partial charge is 0.331 e.